The lowest BCUT2D eigenvalue weighted by molar-refractivity contribution is 0.0941. The molecule has 172 valence electrons. The molecule has 0 unspecified atom stereocenters. The smallest absolute Gasteiger partial charge is 0.267 e. The van der Waals surface area contributed by atoms with E-state index in [0.717, 1.165) is 22.9 Å². The molecule has 6 N–H and O–H groups in total. The van der Waals surface area contributed by atoms with Crippen LogP contribution in [0, 0.1) is 11.3 Å². The molecule has 2 aromatic carbocycles. The van der Waals surface area contributed by atoms with Crippen molar-refractivity contribution in [3.05, 3.63) is 70.9 Å². The van der Waals surface area contributed by atoms with Crippen molar-refractivity contribution in [2.45, 2.75) is 45.1 Å². The molecule has 7 heteroatoms. The zero-order valence-electron chi connectivity index (χ0n) is 18.8. The quantitative estimate of drug-likeness (QED) is 0.311. The van der Waals surface area contributed by atoms with Gasteiger partial charge in [-0.2, -0.15) is 0 Å². The van der Waals surface area contributed by atoms with Crippen LogP contribution in [-0.2, 0) is 6.54 Å². The molecule has 0 atom stereocenters. The first-order chi connectivity index (χ1) is 15.9. The number of carbonyl (C=O) groups excluding carboxylic acids is 2. The van der Waals surface area contributed by atoms with Crippen molar-refractivity contribution in [1.29, 1.82) is 5.41 Å². The normalized spacial score (nSPS) is 14.3. The molecule has 3 aromatic rings. The van der Waals surface area contributed by atoms with Crippen LogP contribution in [0.4, 0.5) is 0 Å². The number of nitrogens with two attached hydrogens (primary N) is 2. The highest BCUT2D eigenvalue weighted by atomic mass is 16.2. The van der Waals surface area contributed by atoms with Gasteiger partial charge in [0.1, 0.15) is 11.5 Å². The summed E-state index contributed by atoms with van der Waals surface area (Å²) >= 11 is 0. The van der Waals surface area contributed by atoms with Gasteiger partial charge in [0.15, 0.2) is 0 Å². The first-order valence-corrected chi connectivity index (χ1v) is 11.6. The second-order valence-corrected chi connectivity index (χ2v) is 8.91. The summed E-state index contributed by atoms with van der Waals surface area (Å²) in [4.78, 5) is 24.6. The van der Waals surface area contributed by atoms with Crippen LogP contribution in [0.15, 0.2) is 48.5 Å². The highest BCUT2D eigenvalue weighted by molar-refractivity contribution is 6.02. The van der Waals surface area contributed by atoms with Crippen molar-refractivity contribution >= 4 is 28.6 Å². The summed E-state index contributed by atoms with van der Waals surface area (Å²) in [5.74, 6) is 0.0954. The molecule has 1 aliphatic rings. The van der Waals surface area contributed by atoms with Gasteiger partial charge < -0.3 is 21.4 Å². The van der Waals surface area contributed by atoms with Crippen molar-refractivity contribution < 1.29 is 9.59 Å². The summed E-state index contributed by atoms with van der Waals surface area (Å²) in [6, 6.07) is 14.5. The third-order valence-electron chi connectivity index (χ3n) is 6.59. The Bertz CT molecular complexity index is 1170. The van der Waals surface area contributed by atoms with Crippen LogP contribution in [0.1, 0.15) is 70.5 Å². The Labute approximate surface area is 193 Å². The van der Waals surface area contributed by atoms with Crippen LogP contribution < -0.4 is 16.8 Å². The number of hydrogen-bond acceptors (Lipinski definition) is 3. The molecule has 1 aromatic heterocycles. The number of carbonyl (C=O) groups is 2. The Hall–Kier alpha value is -3.61. The zero-order valence-corrected chi connectivity index (χ0v) is 18.8. The van der Waals surface area contributed by atoms with Crippen LogP contribution in [0.3, 0.4) is 0 Å². The van der Waals surface area contributed by atoms with Crippen LogP contribution in [-0.4, -0.2) is 28.8 Å². The number of rotatable bonds is 8. The Balaban J connectivity index is 1.60. The number of amidine groups is 1. The van der Waals surface area contributed by atoms with Gasteiger partial charge in [-0.3, -0.25) is 15.0 Å². The first-order valence-electron chi connectivity index (χ1n) is 11.6. The third-order valence-corrected chi connectivity index (χ3v) is 6.59. The molecule has 0 spiro atoms. The number of nitrogens with one attached hydrogen (secondary N) is 2. The number of aromatic nitrogens is 1. The van der Waals surface area contributed by atoms with E-state index in [-0.39, 0.29) is 11.7 Å². The molecule has 7 nitrogen and oxygen atoms in total. The van der Waals surface area contributed by atoms with Gasteiger partial charge in [-0.05, 0) is 42.2 Å². The summed E-state index contributed by atoms with van der Waals surface area (Å²) < 4.78 is 1.94. The van der Waals surface area contributed by atoms with Crippen LogP contribution in [0.25, 0.3) is 10.9 Å². The summed E-state index contributed by atoms with van der Waals surface area (Å²) in [6.45, 7) is 1.10. The number of nitrogens with zero attached hydrogens (tertiary/aromatic N) is 1. The molecule has 1 aliphatic carbocycles. The van der Waals surface area contributed by atoms with E-state index in [1.807, 2.05) is 34.9 Å². The number of amides is 2. The molecule has 1 saturated carbocycles. The van der Waals surface area contributed by atoms with E-state index in [9.17, 15) is 9.59 Å². The summed E-state index contributed by atoms with van der Waals surface area (Å²) in [7, 11) is 0. The number of primary amides is 1. The van der Waals surface area contributed by atoms with Gasteiger partial charge >= 0.3 is 0 Å². The van der Waals surface area contributed by atoms with Crippen molar-refractivity contribution in [3.63, 3.8) is 0 Å². The second kappa shape index (κ2) is 9.90. The summed E-state index contributed by atoms with van der Waals surface area (Å²) in [6.07, 6.45) is 7.43. The van der Waals surface area contributed by atoms with E-state index in [4.69, 9.17) is 16.9 Å². The lowest BCUT2D eigenvalue weighted by Crippen LogP contribution is -2.28. The maximum Gasteiger partial charge on any atom is 0.267 e. The first kappa shape index (κ1) is 22.6. The van der Waals surface area contributed by atoms with Gasteiger partial charge in [0, 0.05) is 35.1 Å². The molecule has 0 aliphatic heterocycles. The molecule has 0 radical (unpaired) electrons. The average molecular weight is 446 g/mol. The van der Waals surface area contributed by atoms with Gasteiger partial charge in [0.2, 0.25) is 5.91 Å². The Morgan fingerprint density at radius 2 is 1.67 bits per heavy atom. The predicted octanol–water partition coefficient (Wildman–Crippen LogP) is 3.77. The maximum absolute atomic E-state index is 13.2. The van der Waals surface area contributed by atoms with Crippen LogP contribution >= 0.6 is 0 Å². The Morgan fingerprint density at radius 3 is 2.33 bits per heavy atom. The van der Waals surface area contributed by atoms with E-state index >= 15 is 0 Å². The molecular weight excluding hydrogens is 414 g/mol. The molecule has 4 rings (SSSR count). The molecule has 1 fully saturated rings. The lowest BCUT2D eigenvalue weighted by Gasteiger charge is -2.21. The topological polar surface area (TPSA) is 127 Å². The van der Waals surface area contributed by atoms with Gasteiger partial charge in [-0.1, -0.05) is 56.4 Å². The van der Waals surface area contributed by atoms with Gasteiger partial charge in [0.25, 0.3) is 5.91 Å². The number of fused-ring (bicyclic) bond motifs is 1. The Kier molecular flexibility index (Phi) is 6.77. The van der Waals surface area contributed by atoms with Gasteiger partial charge in [-0.15, -0.1) is 0 Å². The fraction of sp³-hybridized carbons (Fsp3) is 0.346. The second-order valence-electron chi connectivity index (χ2n) is 8.91. The monoisotopic (exact) mass is 445 g/mol. The minimum absolute atomic E-state index is 0.0195. The number of benzene rings is 2. The van der Waals surface area contributed by atoms with Gasteiger partial charge in [0.05, 0.1) is 0 Å². The summed E-state index contributed by atoms with van der Waals surface area (Å²) in [5, 5.41) is 11.8. The minimum atomic E-state index is -0.475. The van der Waals surface area contributed by atoms with Crippen molar-refractivity contribution in [2.75, 3.05) is 6.54 Å². The van der Waals surface area contributed by atoms with E-state index in [1.54, 1.807) is 18.2 Å². The van der Waals surface area contributed by atoms with Crippen molar-refractivity contribution in [2.24, 2.45) is 17.4 Å². The fourth-order valence-electron chi connectivity index (χ4n) is 4.69. The fourth-order valence-corrected chi connectivity index (χ4v) is 4.69. The highest BCUT2D eigenvalue weighted by Crippen LogP contribution is 2.26. The van der Waals surface area contributed by atoms with Crippen LogP contribution in [0.5, 0.6) is 0 Å². The van der Waals surface area contributed by atoms with Crippen LogP contribution in [0.2, 0.25) is 0 Å². The highest BCUT2D eigenvalue weighted by Gasteiger charge is 2.18. The minimum Gasteiger partial charge on any atom is -0.384 e. The molecular formula is C26H31N5O2. The SMILES string of the molecule is N=C(N)c1ccc2cc(C(=O)NCCC3CCCCC3)n(Cc3ccc(C(N)=O)cc3)c2c1. The van der Waals surface area contributed by atoms with E-state index in [0.29, 0.717) is 35.8 Å². The third kappa shape index (κ3) is 5.25. The largest absolute Gasteiger partial charge is 0.384 e. The zero-order chi connectivity index (χ0) is 23.4. The standard InChI is InChI=1S/C26H31N5O2/c27-24(28)21-11-10-20-14-23(26(33)30-13-12-17-4-2-1-3-5-17)31(22(20)15-21)16-18-6-8-19(9-7-18)25(29)32/h6-11,14-15,17H,1-5,12-13,16H2,(H3,27,28)(H2,29,32)(H,30,33). The molecule has 0 bridgehead atoms. The van der Waals surface area contributed by atoms with Crippen molar-refractivity contribution in [1.82, 2.24) is 9.88 Å². The van der Waals surface area contributed by atoms with E-state index in [1.165, 1.54) is 32.1 Å². The molecule has 33 heavy (non-hydrogen) atoms. The van der Waals surface area contributed by atoms with E-state index in [2.05, 4.69) is 5.32 Å². The predicted molar refractivity (Wildman–Crippen MR) is 131 cm³/mol. The van der Waals surface area contributed by atoms with E-state index < -0.39 is 5.91 Å². The summed E-state index contributed by atoms with van der Waals surface area (Å²) in [5.41, 5.74) is 14.4. The maximum atomic E-state index is 13.2. The van der Waals surface area contributed by atoms with Gasteiger partial charge in [-0.25, -0.2) is 0 Å². The Morgan fingerprint density at radius 1 is 0.970 bits per heavy atom. The average Bonchev–Trinajstić information content (AvgIpc) is 3.17. The lowest BCUT2D eigenvalue weighted by atomic mass is 9.87. The molecule has 0 saturated heterocycles. The number of hydrogen-bond donors (Lipinski definition) is 4. The van der Waals surface area contributed by atoms with Crippen molar-refractivity contribution in [3.8, 4) is 0 Å². The molecule has 2 amide bonds. The number of nitrogen functional groups attached to an aromatic ring is 1. The molecule has 1 heterocycles.